The molecule has 1 atom stereocenters. The number of ether oxygens (including phenoxy) is 1. The number of carbonyl (C=O) groups is 2. The lowest BCUT2D eigenvalue weighted by molar-refractivity contribution is -0.147. The normalized spacial score (nSPS) is 18.9. The van der Waals surface area contributed by atoms with Crippen LogP contribution in [0.4, 0.5) is 0 Å². The number of carboxylic acid groups (broad SMARTS) is 1. The van der Waals surface area contributed by atoms with Crippen LogP contribution in [-0.2, 0) is 16.0 Å². The Hall–Kier alpha value is -0.880. The first-order chi connectivity index (χ1) is 7.50. The van der Waals surface area contributed by atoms with Crippen LogP contribution in [0.25, 0.3) is 0 Å². The smallest absolute Gasteiger partial charge is 0.345 e. The van der Waals surface area contributed by atoms with E-state index in [0.717, 1.165) is 0 Å². The van der Waals surface area contributed by atoms with Gasteiger partial charge in [-0.2, -0.15) is 0 Å². The molecule has 0 aliphatic carbocycles. The second-order valence-corrected chi connectivity index (χ2v) is 5.03. The van der Waals surface area contributed by atoms with Gasteiger partial charge in [-0.1, -0.05) is 15.9 Å². The molecule has 1 aromatic rings. The summed E-state index contributed by atoms with van der Waals surface area (Å²) in [6, 6.07) is 3.48. The molecule has 16 heavy (non-hydrogen) atoms. The van der Waals surface area contributed by atoms with Crippen LogP contribution in [0, 0.1) is 0 Å². The van der Waals surface area contributed by atoms with E-state index in [9.17, 15) is 9.59 Å². The van der Waals surface area contributed by atoms with Gasteiger partial charge in [-0.3, -0.25) is 0 Å². The van der Waals surface area contributed by atoms with Gasteiger partial charge in [0, 0.05) is 15.4 Å². The van der Waals surface area contributed by atoms with Gasteiger partial charge in [0.1, 0.15) is 0 Å². The van der Waals surface area contributed by atoms with Crippen molar-refractivity contribution >= 4 is 43.8 Å². The Morgan fingerprint density at radius 1 is 1.38 bits per heavy atom. The number of rotatable bonds is 1. The number of hydrogen-bond acceptors (Lipinski definition) is 3. The number of fused-ring (bicyclic) bond motifs is 1. The lowest BCUT2D eigenvalue weighted by Crippen LogP contribution is -2.34. The maximum atomic E-state index is 11.6. The van der Waals surface area contributed by atoms with Crippen molar-refractivity contribution in [3.63, 3.8) is 0 Å². The molecule has 6 heteroatoms. The summed E-state index contributed by atoms with van der Waals surface area (Å²) in [5.41, 5.74) is 1.06. The largest absolute Gasteiger partial charge is 0.478 e. The Bertz CT molecular complexity index is 484. The zero-order valence-corrected chi connectivity index (χ0v) is 11.0. The van der Waals surface area contributed by atoms with Crippen molar-refractivity contribution in [2.75, 3.05) is 0 Å². The fourth-order valence-electron chi connectivity index (χ4n) is 1.57. The van der Waals surface area contributed by atoms with E-state index >= 15 is 0 Å². The van der Waals surface area contributed by atoms with Gasteiger partial charge in [-0.05, 0) is 33.6 Å². The molecular formula is C10H6Br2O4. The van der Waals surface area contributed by atoms with E-state index in [1.54, 1.807) is 12.1 Å². The summed E-state index contributed by atoms with van der Waals surface area (Å²) < 4.78 is 6.15. The number of halogens is 2. The average Bonchev–Trinajstić information content (AvgIpc) is 2.22. The number of carboxylic acids is 1. The quantitative estimate of drug-likeness (QED) is 0.790. The Labute approximate surface area is 108 Å². The molecular weight excluding hydrogens is 344 g/mol. The van der Waals surface area contributed by atoms with Crippen molar-refractivity contribution in [2.24, 2.45) is 0 Å². The minimum Gasteiger partial charge on any atom is -0.478 e. The fraction of sp³-hybridized carbons (Fsp3) is 0.200. The molecule has 0 fully saturated rings. The van der Waals surface area contributed by atoms with E-state index in [-0.39, 0.29) is 6.42 Å². The summed E-state index contributed by atoms with van der Waals surface area (Å²) in [7, 11) is 0. The van der Waals surface area contributed by atoms with E-state index in [1.165, 1.54) is 0 Å². The Kier molecular flexibility index (Phi) is 3.03. The number of benzene rings is 1. The first kappa shape index (κ1) is 11.6. The van der Waals surface area contributed by atoms with Crippen molar-refractivity contribution in [1.82, 2.24) is 0 Å². The van der Waals surface area contributed by atoms with Crippen LogP contribution in [0.2, 0.25) is 0 Å². The molecule has 1 unspecified atom stereocenters. The van der Waals surface area contributed by atoms with Gasteiger partial charge < -0.3 is 9.84 Å². The standard InChI is InChI=1S/C10H6Br2O4/c11-5-1-2-6(12)8-4(5)3-7(9(13)14)16-10(8)15/h1-2,7H,3H2,(H,13,14). The summed E-state index contributed by atoms with van der Waals surface area (Å²) in [5.74, 6) is -1.74. The summed E-state index contributed by atoms with van der Waals surface area (Å²) in [4.78, 5) is 22.4. The maximum Gasteiger partial charge on any atom is 0.345 e. The number of cyclic esters (lactones) is 1. The van der Waals surface area contributed by atoms with Crippen LogP contribution in [-0.4, -0.2) is 23.1 Å². The van der Waals surface area contributed by atoms with Gasteiger partial charge in [0.25, 0.3) is 0 Å². The minimum atomic E-state index is -1.13. The molecule has 1 N–H and O–H groups in total. The lowest BCUT2D eigenvalue weighted by atomic mass is 9.99. The highest BCUT2D eigenvalue weighted by molar-refractivity contribution is 9.11. The van der Waals surface area contributed by atoms with Gasteiger partial charge in [-0.15, -0.1) is 0 Å². The van der Waals surface area contributed by atoms with Crippen LogP contribution >= 0.6 is 31.9 Å². The number of esters is 1. The van der Waals surface area contributed by atoms with Gasteiger partial charge >= 0.3 is 11.9 Å². The number of aliphatic carboxylic acids is 1. The highest BCUT2D eigenvalue weighted by atomic mass is 79.9. The van der Waals surface area contributed by atoms with E-state index < -0.39 is 18.0 Å². The molecule has 1 aliphatic rings. The average molecular weight is 350 g/mol. The van der Waals surface area contributed by atoms with Crippen LogP contribution in [0.1, 0.15) is 15.9 Å². The molecule has 0 aromatic heterocycles. The zero-order valence-electron chi connectivity index (χ0n) is 7.87. The lowest BCUT2D eigenvalue weighted by Gasteiger charge is -2.23. The van der Waals surface area contributed by atoms with Crippen LogP contribution < -0.4 is 0 Å². The fourth-order valence-corrected chi connectivity index (χ4v) is 2.59. The monoisotopic (exact) mass is 348 g/mol. The van der Waals surface area contributed by atoms with E-state index in [1.807, 2.05) is 0 Å². The number of carbonyl (C=O) groups excluding carboxylic acids is 1. The van der Waals surface area contributed by atoms with Crippen molar-refractivity contribution in [3.8, 4) is 0 Å². The first-order valence-electron chi connectivity index (χ1n) is 4.41. The molecule has 0 saturated heterocycles. The zero-order chi connectivity index (χ0) is 11.9. The molecule has 0 radical (unpaired) electrons. The predicted molar refractivity (Wildman–Crippen MR) is 62.4 cm³/mol. The second-order valence-electron chi connectivity index (χ2n) is 3.32. The molecule has 0 saturated carbocycles. The predicted octanol–water partition coefficient (Wildman–Crippen LogP) is 2.38. The van der Waals surface area contributed by atoms with Crippen molar-refractivity contribution in [3.05, 3.63) is 32.2 Å². The molecule has 1 aromatic carbocycles. The summed E-state index contributed by atoms with van der Waals surface area (Å²) in [5, 5.41) is 8.84. The highest BCUT2D eigenvalue weighted by Crippen LogP contribution is 2.33. The molecule has 0 bridgehead atoms. The van der Waals surface area contributed by atoms with Gasteiger partial charge in [0.2, 0.25) is 6.10 Å². The topological polar surface area (TPSA) is 63.6 Å². The van der Waals surface area contributed by atoms with Crippen molar-refractivity contribution in [1.29, 1.82) is 0 Å². The van der Waals surface area contributed by atoms with E-state index in [4.69, 9.17) is 9.84 Å². The highest BCUT2D eigenvalue weighted by Gasteiger charge is 2.33. The Balaban J connectivity index is 2.54. The molecule has 0 amide bonds. The number of hydrogen-bond donors (Lipinski definition) is 1. The molecule has 1 aliphatic heterocycles. The third-order valence-electron chi connectivity index (χ3n) is 2.32. The van der Waals surface area contributed by atoms with E-state index in [0.29, 0.717) is 20.1 Å². The van der Waals surface area contributed by atoms with Crippen molar-refractivity contribution in [2.45, 2.75) is 12.5 Å². The van der Waals surface area contributed by atoms with Gasteiger partial charge in [-0.25, -0.2) is 9.59 Å². The third kappa shape index (κ3) is 1.87. The first-order valence-corrected chi connectivity index (χ1v) is 6.00. The molecule has 84 valence electrons. The minimum absolute atomic E-state index is 0.177. The Morgan fingerprint density at radius 2 is 2.00 bits per heavy atom. The molecule has 1 heterocycles. The second kappa shape index (κ2) is 4.18. The molecule has 2 rings (SSSR count). The summed E-state index contributed by atoms with van der Waals surface area (Å²) in [6.07, 6.45) is -0.929. The summed E-state index contributed by atoms with van der Waals surface area (Å²) in [6.45, 7) is 0. The Morgan fingerprint density at radius 3 is 2.62 bits per heavy atom. The maximum absolute atomic E-state index is 11.6. The van der Waals surface area contributed by atoms with E-state index in [2.05, 4.69) is 31.9 Å². The summed E-state index contributed by atoms with van der Waals surface area (Å²) >= 11 is 6.54. The molecule has 0 spiro atoms. The van der Waals surface area contributed by atoms with Crippen LogP contribution in [0.3, 0.4) is 0 Å². The van der Waals surface area contributed by atoms with Gasteiger partial charge in [0.15, 0.2) is 0 Å². The SMILES string of the molecule is O=C1OC(C(=O)O)Cc2c(Br)ccc(Br)c21. The third-order valence-corrected chi connectivity index (χ3v) is 3.73. The van der Waals surface area contributed by atoms with Crippen LogP contribution in [0.15, 0.2) is 21.1 Å². The van der Waals surface area contributed by atoms with Crippen LogP contribution in [0.5, 0.6) is 0 Å². The van der Waals surface area contributed by atoms with Gasteiger partial charge in [0.05, 0.1) is 5.56 Å². The van der Waals surface area contributed by atoms with Crippen molar-refractivity contribution < 1.29 is 19.4 Å². The molecule has 4 nitrogen and oxygen atoms in total.